The first-order valence-corrected chi connectivity index (χ1v) is 8.59. The van der Waals surface area contributed by atoms with Gasteiger partial charge < -0.3 is 21.7 Å². The molecule has 0 aromatic carbocycles. The van der Waals surface area contributed by atoms with Crippen molar-refractivity contribution in [1.29, 1.82) is 0 Å². The monoisotopic (exact) mass is 508 g/mol. The Morgan fingerprint density at radius 2 is 1.59 bits per heavy atom. The van der Waals surface area contributed by atoms with E-state index in [1.807, 2.05) is 36.4 Å². The van der Waals surface area contributed by atoms with E-state index in [4.69, 9.17) is 5.84 Å². The van der Waals surface area contributed by atoms with Crippen molar-refractivity contribution in [2.24, 2.45) is 17.5 Å². The number of ether oxygens (including phenoxy) is 1. The molecule has 7 N–H and O–H groups in total. The highest BCUT2D eigenvalue weighted by Crippen LogP contribution is 1.82. The number of nitrogens with one attached hydrogen (secondary N) is 1. The van der Waals surface area contributed by atoms with Gasteiger partial charge in [-0.05, 0) is 19.1 Å². The van der Waals surface area contributed by atoms with Crippen molar-refractivity contribution in [3.05, 3.63) is 61.2 Å². The zero-order chi connectivity index (χ0) is 20.0. The van der Waals surface area contributed by atoms with E-state index in [1.165, 1.54) is 0 Å². The van der Waals surface area contributed by atoms with Crippen LogP contribution in [0.2, 0.25) is 0 Å². The molecule has 0 aliphatic rings. The lowest BCUT2D eigenvalue weighted by Crippen LogP contribution is -3.00. The number of alkyl halides is 1. The molecule has 0 aliphatic heterocycles. The quantitative estimate of drug-likeness (QED) is 0.0846. The highest BCUT2D eigenvalue weighted by molar-refractivity contribution is 9.09. The second-order valence-electron chi connectivity index (χ2n) is 4.08. The number of esters is 1. The van der Waals surface area contributed by atoms with Crippen molar-refractivity contribution in [2.45, 2.75) is 13.5 Å². The molecule has 0 spiro atoms. The molecule has 2 heterocycles. The Morgan fingerprint density at radius 1 is 1.07 bits per heavy atom. The molecular formula is C16H26Br2N6O3. The Hall–Kier alpha value is -1.92. The summed E-state index contributed by atoms with van der Waals surface area (Å²) in [5, 5.41) is 0.292. The van der Waals surface area contributed by atoms with Crippen LogP contribution in [0.25, 0.3) is 0 Å². The summed E-state index contributed by atoms with van der Waals surface area (Å²) in [6.07, 6.45) is 7.10. The summed E-state index contributed by atoms with van der Waals surface area (Å²) < 4.78 is 6.24. The first-order chi connectivity index (χ1) is 12.6. The molecule has 0 bridgehead atoms. The Labute approximate surface area is 178 Å². The molecule has 2 aromatic rings. The molecule has 1 amide bonds. The summed E-state index contributed by atoms with van der Waals surface area (Å²) >= 11 is 2.94. The average molecular weight is 510 g/mol. The Morgan fingerprint density at radius 3 is 1.89 bits per heavy atom. The van der Waals surface area contributed by atoms with Gasteiger partial charge in [-0.3, -0.25) is 31.7 Å². The molecule has 0 fully saturated rings. The van der Waals surface area contributed by atoms with Gasteiger partial charge in [0.25, 0.3) is 5.91 Å². The van der Waals surface area contributed by atoms with Gasteiger partial charge in [0.15, 0.2) is 12.4 Å². The lowest BCUT2D eigenvalue weighted by Gasteiger charge is -1.93. The van der Waals surface area contributed by atoms with Crippen LogP contribution >= 0.6 is 15.9 Å². The number of hydrazine groups is 2. The first-order valence-electron chi connectivity index (χ1n) is 7.47. The van der Waals surface area contributed by atoms with Crippen molar-refractivity contribution in [3.8, 4) is 0 Å². The van der Waals surface area contributed by atoms with Gasteiger partial charge in [0, 0.05) is 24.5 Å². The number of nitrogens with zero attached hydrogens (tertiary/aromatic N) is 2. The molecule has 0 radical (unpaired) electrons. The molecule has 11 heteroatoms. The number of carbonyl (C=O) groups excluding carboxylic acids is 2. The van der Waals surface area contributed by atoms with Gasteiger partial charge in [-0.15, -0.1) is 0 Å². The van der Waals surface area contributed by atoms with Crippen molar-refractivity contribution in [3.63, 3.8) is 0 Å². The van der Waals surface area contributed by atoms with E-state index < -0.39 is 0 Å². The molecule has 0 saturated heterocycles. The smallest absolute Gasteiger partial charge is 0.316 e. The topological polar surface area (TPSA) is 150 Å². The number of carbonyl (C=O) groups is 2. The van der Waals surface area contributed by atoms with Crippen molar-refractivity contribution in [1.82, 2.24) is 10.4 Å². The molecule has 0 aliphatic carbocycles. The Balaban J connectivity index is -0.000000315. The fourth-order valence-corrected chi connectivity index (χ4v) is 1.43. The fraction of sp³-hybridized carbons (Fsp3) is 0.250. The van der Waals surface area contributed by atoms with E-state index >= 15 is 0 Å². The molecule has 0 atom stereocenters. The Kier molecular flexibility index (Phi) is 26.6. The number of rotatable bonds is 4. The summed E-state index contributed by atoms with van der Waals surface area (Å²) in [6.45, 7) is 2.50. The third kappa shape index (κ3) is 22.0. The number of hydrogen-bond acceptors (Lipinski definition) is 7. The molecule has 9 nitrogen and oxygen atoms in total. The highest BCUT2D eigenvalue weighted by Gasteiger charge is 2.04. The number of halogens is 2. The molecule has 2 aromatic heterocycles. The molecule has 0 saturated carbocycles. The molecular weight excluding hydrogens is 484 g/mol. The van der Waals surface area contributed by atoms with Crippen LogP contribution in [0.15, 0.2) is 61.2 Å². The van der Waals surface area contributed by atoms with Crippen LogP contribution < -0.4 is 44.5 Å². The highest BCUT2D eigenvalue weighted by atomic mass is 79.9. The van der Waals surface area contributed by atoms with E-state index in [1.54, 1.807) is 36.3 Å². The SMILES string of the molecule is CCOC(=O)CBr.NN.NNC(=O)C[n+]1ccccc1.[Br-].c1ccncc1. The number of nitrogens with two attached hydrogens (primary N) is 3. The predicted octanol–water partition coefficient (Wildman–Crippen LogP) is -3.19. The van der Waals surface area contributed by atoms with Gasteiger partial charge in [-0.1, -0.05) is 28.1 Å². The van der Waals surface area contributed by atoms with E-state index in [-0.39, 0.29) is 35.4 Å². The van der Waals surface area contributed by atoms with Crippen molar-refractivity contribution < 1.29 is 35.9 Å². The van der Waals surface area contributed by atoms with Crippen LogP contribution in [-0.2, 0) is 20.9 Å². The zero-order valence-corrected chi connectivity index (χ0v) is 18.2. The summed E-state index contributed by atoms with van der Waals surface area (Å²) in [4.78, 5) is 24.7. The van der Waals surface area contributed by atoms with Crippen LogP contribution in [0.4, 0.5) is 0 Å². The minimum atomic E-state index is -0.207. The summed E-state index contributed by atoms with van der Waals surface area (Å²) in [5.41, 5.74) is 2.05. The van der Waals surface area contributed by atoms with Crippen LogP contribution in [-0.4, -0.2) is 28.8 Å². The number of amides is 1. The van der Waals surface area contributed by atoms with Crippen molar-refractivity contribution in [2.75, 3.05) is 11.9 Å². The maximum atomic E-state index is 10.7. The zero-order valence-electron chi connectivity index (χ0n) is 15.0. The van der Waals surface area contributed by atoms with Gasteiger partial charge in [-0.2, -0.15) is 4.57 Å². The Bertz CT molecular complexity index is 538. The second kappa shape index (κ2) is 24.1. The summed E-state index contributed by atoms with van der Waals surface area (Å²) in [6, 6.07) is 11.3. The van der Waals surface area contributed by atoms with Crippen LogP contribution in [0.3, 0.4) is 0 Å². The number of aromatic nitrogens is 2. The molecule has 27 heavy (non-hydrogen) atoms. The van der Waals surface area contributed by atoms with Gasteiger partial charge in [0.1, 0.15) is 5.33 Å². The maximum Gasteiger partial charge on any atom is 0.316 e. The van der Waals surface area contributed by atoms with E-state index in [0.717, 1.165) is 0 Å². The lowest BCUT2D eigenvalue weighted by molar-refractivity contribution is -0.684. The van der Waals surface area contributed by atoms with Crippen LogP contribution in [0.1, 0.15) is 6.92 Å². The van der Waals surface area contributed by atoms with Crippen LogP contribution in [0, 0.1) is 0 Å². The summed E-state index contributed by atoms with van der Waals surface area (Å²) in [5.74, 6) is 12.5. The fourth-order valence-electron chi connectivity index (χ4n) is 1.26. The third-order valence-corrected chi connectivity index (χ3v) is 2.70. The maximum absolute atomic E-state index is 10.7. The molecule has 0 unspecified atom stereocenters. The second-order valence-corrected chi connectivity index (χ2v) is 4.64. The molecule has 152 valence electrons. The van der Waals surface area contributed by atoms with E-state index in [2.05, 4.69) is 42.8 Å². The van der Waals surface area contributed by atoms with Crippen molar-refractivity contribution >= 4 is 27.8 Å². The number of pyridine rings is 2. The minimum Gasteiger partial charge on any atom is -1.00 e. The van der Waals surface area contributed by atoms with E-state index in [9.17, 15) is 9.59 Å². The summed E-state index contributed by atoms with van der Waals surface area (Å²) in [7, 11) is 0. The van der Waals surface area contributed by atoms with Gasteiger partial charge >= 0.3 is 5.97 Å². The molecule has 2 rings (SSSR count). The van der Waals surface area contributed by atoms with E-state index in [0.29, 0.717) is 11.9 Å². The lowest BCUT2D eigenvalue weighted by atomic mass is 10.4. The predicted molar refractivity (Wildman–Crippen MR) is 102 cm³/mol. The van der Waals surface area contributed by atoms with Gasteiger partial charge in [0.2, 0.25) is 6.54 Å². The number of hydrogen-bond donors (Lipinski definition) is 4. The largest absolute Gasteiger partial charge is 1.00 e. The third-order valence-electron chi connectivity index (χ3n) is 2.25. The standard InChI is InChI=1S/C7H9N3O.C5H5N.C4H7BrO2.BrH.H4N2/c8-9-7(11)6-10-4-2-1-3-5-10;1-2-4-6-5-3-1;1-2-7-4(6)3-5;;1-2/h1-5H,6,8H2;1-5H;2-3H2,1H3;1H;1-2H2. The average Bonchev–Trinajstić information content (AvgIpc) is 2.72. The first kappa shape index (κ1) is 29.8. The van der Waals surface area contributed by atoms with Gasteiger partial charge in [0.05, 0.1) is 6.61 Å². The van der Waals surface area contributed by atoms with Crippen LogP contribution in [0.5, 0.6) is 0 Å². The van der Waals surface area contributed by atoms with Gasteiger partial charge in [-0.25, -0.2) is 5.84 Å². The normalized spacial score (nSPS) is 7.89. The minimum absolute atomic E-state index is 0.